The fraction of sp³-hybridized carbons (Fsp3) is 0.292. The molecule has 1 aliphatic heterocycles. The van der Waals surface area contributed by atoms with Gasteiger partial charge in [-0.05, 0) is 43.3 Å². The fourth-order valence-electron chi connectivity index (χ4n) is 3.60. The topological polar surface area (TPSA) is 113 Å². The highest BCUT2D eigenvalue weighted by molar-refractivity contribution is 5.92. The number of piperazine rings is 1. The van der Waals surface area contributed by atoms with E-state index in [2.05, 4.69) is 25.6 Å². The van der Waals surface area contributed by atoms with E-state index >= 15 is 0 Å². The number of nitrogens with one attached hydrogen (secondary N) is 2. The second-order valence-corrected chi connectivity index (χ2v) is 7.72. The van der Waals surface area contributed by atoms with E-state index in [1.807, 2.05) is 47.4 Å². The van der Waals surface area contributed by atoms with Crippen LogP contribution >= 0.6 is 0 Å². The molecule has 176 valence electrons. The summed E-state index contributed by atoms with van der Waals surface area (Å²) < 4.78 is 5.03. The average Bonchev–Trinajstić information content (AvgIpc) is 2.85. The summed E-state index contributed by atoms with van der Waals surface area (Å²) in [6, 6.07) is 13.0. The number of carbonyl (C=O) groups excluding carboxylic acids is 2. The van der Waals surface area contributed by atoms with Gasteiger partial charge in [-0.15, -0.1) is 0 Å². The first-order valence-corrected chi connectivity index (χ1v) is 11.1. The SMILES string of the molecule is CCOC(=O)N1CCN(CC(=O)Nc2cccc(Nc3nccc(-c4cccnc4)n3)c2)CC1. The molecule has 0 bridgehead atoms. The smallest absolute Gasteiger partial charge is 0.409 e. The van der Waals surface area contributed by atoms with Gasteiger partial charge in [-0.1, -0.05) is 6.07 Å². The lowest BCUT2D eigenvalue weighted by molar-refractivity contribution is -0.117. The summed E-state index contributed by atoms with van der Waals surface area (Å²) in [7, 11) is 0. The summed E-state index contributed by atoms with van der Waals surface area (Å²) in [4.78, 5) is 41.0. The van der Waals surface area contributed by atoms with Crippen LogP contribution in [-0.2, 0) is 9.53 Å². The molecule has 0 spiro atoms. The molecular weight excluding hydrogens is 434 g/mol. The van der Waals surface area contributed by atoms with Crippen molar-refractivity contribution in [1.82, 2.24) is 24.8 Å². The van der Waals surface area contributed by atoms with Crippen LogP contribution in [0.3, 0.4) is 0 Å². The van der Waals surface area contributed by atoms with E-state index in [1.165, 1.54) is 0 Å². The Balaban J connectivity index is 1.31. The van der Waals surface area contributed by atoms with Crippen LogP contribution in [0.5, 0.6) is 0 Å². The number of aromatic nitrogens is 3. The molecule has 10 nitrogen and oxygen atoms in total. The predicted octanol–water partition coefficient (Wildman–Crippen LogP) is 2.99. The van der Waals surface area contributed by atoms with E-state index in [-0.39, 0.29) is 18.5 Å². The van der Waals surface area contributed by atoms with Crippen molar-refractivity contribution in [2.45, 2.75) is 6.92 Å². The van der Waals surface area contributed by atoms with Crippen LogP contribution in [-0.4, -0.2) is 76.1 Å². The highest BCUT2D eigenvalue weighted by atomic mass is 16.6. The maximum absolute atomic E-state index is 12.6. The Morgan fingerprint density at radius 3 is 2.62 bits per heavy atom. The van der Waals surface area contributed by atoms with Crippen molar-refractivity contribution in [2.75, 3.05) is 50.0 Å². The molecule has 0 unspecified atom stereocenters. The van der Waals surface area contributed by atoms with Gasteiger partial charge in [-0.2, -0.15) is 0 Å². The van der Waals surface area contributed by atoms with E-state index in [1.54, 1.807) is 30.4 Å². The summed E-state index contributed by atoms with van der Waals surface area (Å²) in [6.07, 6.45) is 4.85. The van der Waals surface area contributed by atoms with Gasteiger partial charge < -0.3 is 20.3 Å². The largest absolute Gasteiger partial charge is 0.450 e. The molecule has 10 heteroatoms. The lowest BCUT2D eigenvalue weighted by Gasteiger charge is -2.33. The van der Waals surface area contributed by atoms with Gasteiger partial charge in [0.05, 0.1) is 18.8 Å². The Morgan fingerprint density at radius 1 is 1.03 bits per heavy atom. The number of pyridine rings is 1. The van der Waals surface area contributed by atoms with Crippen LogP contribution in [0.25, 0.3) is 11.3 Å². The predicted molar refractivity (Wildman–Crippen MR) is 129 cm³/mol. The quantitative estimate of drug-likeness (QED) is 0.552. The van der Waals surface area contributed by atoms with Gasteiger partial charge in [0, 0.05) is 61.7 Å². The highest BCUT2D eigenvalue weighted by Crippen LogP contribution is 2.21. The van der Waals surface area contributed by atoms with Crippen LogP contribution < -0.4 is 10.6 Å². The van der Waals surface area contributed by atoms with Crippen molar-refractivity contribution < 1.29 is 14.3 Å². The van der Waals surface area contributed by atoms with Crippen molar-refractivity contribution in [3.63, 3.8) is 0 Å². The standard InChI is InChI=1S/C24H27N7O3/c1-2-34-24(33)31-13-11-30(12-14-31)17-22(32)27-19-6-3-7-20(15-19)28-23-26-10-8-21(29-23)18-5-4-9-25-16-18/h3-10,15-16H,2,11-14,17H2,1H3,(H,27,32)(H,26,28,29). The highest BCUT2D eigenvalue weighted by Gasteiger charge is 2.23. The maximum atomic E-state index is 12.6. The summed E-state index contributed by atoms with van der Waals surface area (Å²) in [5.41, 5.74) is 3.09. The van der Waals surface area contributed by atoms with Crippen molar-refractivity contribution in [2.24, 2.45) is 0 Å². The number of rotatable bonds is 7. The van der Waals surface area contributed by atoms with Gasteiger partial charge in [0.2, 0.25) is 11.9 Å². The van der Waals surface area contributed by atoms with Gasteiger partial charge in [0.25, 0.3) is 0 Å². The third-order valence-corrected chi connectivity index (χ3v) is 5.28. The first-order valence-electron chi connectivity index (χ1n) is 11.1. The minimum absolute atomic E-state index is 0.114. The molecule has 1 aromatic carbocycles. The maximum Gasteiger partial charge on any atom is 0.409 e. The molecule has 0 saturated carbocycles. The van der Waals surface area contributed by atoms with Crippen LogP contribution in [0.2, 0.25) is 0 Å². The molecule has 34 heavy (non-hydrogen) atoms. The molecule has 2 N–H and O–H groups in total. The van der Waals surface area contributed by atoms with Gasteiger partial charge in [0.1, 0.15) is 0 Å². The molecule has 0 atom stereocenters. The van der Waals surface area contributed by atoms with Crippen molar-refractivity contribution in [1.29, 1.82) is 0 Å². The Bertz CT molecular complexity index is 1120. The van der Waals surface area contributed by atoms with Gasteiger partial charge in [0.15, 0.2) is 0 Å². The van der Waals surface area contributed by atoms with Gasteiger partial charge in [-0.25, -0.2) is 14.8 Å². The number of nitrogens with zero attached hydrogens (tertiary/aromatic N) is 5. The van der Waals surface area contributed by atoms with Crippen LogP contribution in [0.4, 0.5) is 22.1 Å². The van der Waals surface area contributed by atoms with E-state index < -0.39 is 0 Å². The molecule has 0 radical (unpaired) electrons. The molecule has 1 aliphatic rings. The number of benzene rings is 1. The van der Waals surface area contributed by atoms with Crippen molar-refractivity contribution in [3.05, 3.63) is 61.1 Å². The first-order chi connectivity index (χ1) is 16.6. The zero-order chi connectivity index (χ0) is 23.8. The Hall–Kier alpha value is -4.05. The zero-order valence-electron chi connectivity index (χ0n) is 19.0. The molecular formula is C24H27N7O3. The molecule has 4 rings (SSSR count). The van der Waals surface area contributed by atoms with Crippen LogP contribution in [0, 0.1) is 0 Å². The molecule has 2 amide bonds. The molecule has 1 fully saturated rings. The van der Waals surface area contributed by atoms with E-state index in [4.69, 9.17) is 4.74 Å². The molecule has 3 aromatic rings. The summed E-state index contributed by atoms with van der Waals surface area (Å²) in [6.45, 7) is 4.74. The Morgan fingerprint density at radius 2 is 1.85 bits per heavy atom. The summed E-state index contributed by atoms with van der Waals surface area (Å²) >= 11 is 0. The lowest BCUT2D eigenvalue weighted by atomic mass is 10.2. The lowest BCUT2D eigenvalue weighted by Crippen LogP contribution is -2.50. The summed E-state index contributed by atoms with van der Waals surface area (Å²) in [5.74, 6) is 0.334. The van der Waals surface area contributed by atoms with Crippen molar-refractivity contribution in [3.8, 4) is 11.3 Å². The minimum atomic E-state index is -0.300. The fourth-order valence-corrected chi connectivity index (χ4v) is 3.60. The number of ether oxygens (including phenoxy) is 1. The summed E-state index contributed by atoms with van der Waals surface area (Å²) in [5, 5.41) is 6.11. The first kappa shape index (κ1) is 23.1. The third-order valence-electron chi connectivity index (χ3n) is 5.28. The number of carbonyl (C=O) groups is 2. The van der Waals surface area contributed by atoms with E-state index in [0.717, 1.165) is 16.9 Å². The minimum Gasteiger partial charge on any atom is -0.450 e. The molecule has 3 heterocycles. The normalized spacial score (nSPS) is 13.9. The number of hydrogen-bond donors (Lipinski definition) is 2. The number of hydrogen-bond acceptors (Lipinski definition) is 8. The average molecular weight is 462 g/mol. The molecule has 2 aromatic heterocycles. The Labute approximate surface area is 198 Å². The molecule has 0 aliphatic carbocycles. The second-order valence-electron chi connectivity index (χ2n) is 7.72. The van der Waals surface area contributed by atoms with E-state index in [9.17, 15) is 9.59 Å². The van der Waals surface area contributed by atoms with Crippen molar-refractivity contribution >= 4 is 29.3 Å². The third kappa shape index (κ3) is 6.26. The Kier molecular flexibility index (Phi) is 7.61. The van der Waals surface area contributed by atoms with Crippen LogP contribution in [0.15, 0.2) is 61.1 Å². The number of amides is 2. The number of anilines is 3. The van der Waals surface area contributed by atoms with E-state index in [0.29, 0.717) is 44.4 Å². The van der Waals surface area contributed by atoms with Gasteiger partial charge in [-0.3, -0.25) is 14.7 Å². The monoisotopic (exact) mass is 461 g/mol. The van der Waals surface area contributed by atoms with Crippen LogP contribution in [0.1, 0.15) is 6.92 Å². The van der Waals surface area contributed by atoms with Gasteiger partial charge >= 0.3 is 6.09 Å². The second kappa shape index (κ2) is 11.2. The molecule has 1 saturated heterocycles. The zero-order valence-corrected chi connectivity index (χ0v) is 19.0.